The smallest absolute Gasteiger partial charge is 0.0935 e. The van der Waals surface area contributed by atoms with E-state index in [-0.39, 0.29) is 0 Å². The quantitative estimate of drug-likeness (QED) is 0.475. The van der Waals surface area contributed by atoms with E-state index < -0.39 is 0 Å². The number of fused-ring (bicyclic) bond motifs is 6. The fraction of sp³-hybridized carbons (Fsp3) is 0.160. The molecule has 4 aromatic rings. The summed E-state index contributed by atoms with van der Waals surface area (Å²) in [5.74, 6) is 0. The van der Waals surface area contributed by atoms with E-state index in [2.05, 4.69) is 42.5 Å². The molecule has 0 N–H and O–H groups in total. The van der Waals surface area contributed by atoms with Crippen LogP contribution in [0.5, 0.6) is 0 Å². The van der Waals surface area contributed by atoms with Crippen molar-refractivity contribution in [1.29, 1.82) is 0 Å². The fourth-order valence-electron chi connectivity index (χ4n) is 4.72. The zero-order valence-corrected chi connectivity index (χ0v) is 15.5. The van der Waals surface area contributed by atoms with Crippen molar-refractivity contribution >= 4 is 0 Å². The van der Waals surface area contributed by atoms with Crippen LogP contribution >= 0.6 is 0 Å². The second-order valence-corrected chi connectivity index (χ2v) is 7.53. The molecule has 0 atom stereocenters. The zero-order valence-electron chi connectivity index (χ0n) is 15.5. The first-order valence-corrected chi connectivity index (χ1v) is 9.90. The van der Waals surface area contributed by atoms with Crippen LogP contribution in [-0.2, 0) is 25.7 Å². The molecule has 3 aromatic heterocycles. The van der Waals surface area contributed by atoms with Gasteiger partial charge in [-0.25, -0.2) is 4.98 Å². The molecule has 0 unspecified atom stereocenters. The monoisotopic (exact) mass is 361 g/mol. The van der Waals surface area contributed by atoms with E-state index in [0.717, 1.165) is 48.5 Å². The van der Waals surface area contributed by atoms with Crippen LogP contribution in [0.1, 0.15) is 22.3 Å². The minimum atomic E-state index is 1.01. The maximum absolute atomic E-state index is 5.20. The standard InChI is InChI=1S/C25H19N3/c1-2-6-16(7-3-1)21-19-12-10-17-8-4-14-26-22(17)24(19)28-25-20(21)13-11-18-9-5-15-27-23(18)25/h1-9,14-15H,10-13H2. The van der Waals surface area contributed by atoms with Gasteiger partial charge in [0, 0.05) is 12.4 Å². The van der Waals surface area contributed by atoms with Gasteiger partial charge in [0.05, 0.1) is 22.8 Å². The van der Waals surface area contributed by atoms with E-state index in [1.54, 1.807) is 0 Å². The largest absolute Gasteiger partial charge is 0.254 e. The molecule has 6 rings (SSSR count). The molecule has 0 saturated heterocycles. The van der Waals surface area contributed by atoms with Crippen molar-refractivity contribution in [2.75, 3.05) is 0 Å². The Bertz CT molecular complexity index is 1140. The number of hydrogen-bond donors (Lipinski definition) is 0. The predicted molar refractivity (Wildman–Crippen MR) is 111 cm³/mol. The van der Waals surface area contributed by atoms with Gasteiger partial charge in [-0.1, -0.05) is 42.5 Å². The van der Waals surface area contributed by atoms with E-state index >= 15 is 0 Å². The molecule has 3 nitrogen and oxygen atoms in total. The van der Waals surface area contributed by atoms with Gasteiger partial charge in [-0.15, -0.1) is 0 Å². The maximum Gasteiger partial charge on any atom is 0.0935 e. The number of aryl methyl sites for hydroxylation is 2. The minimum absolute atomic E-state index is 1.01. The lowest BCUT2D eigenvalue weighted by molar-refractivity contribution is 0.877. The number of pyridine rings is 3. The highest BCUT2D eigenvalue weighted by atomic mass is 14.8. The molecule has 0 saturated carbocycles. The topological polar surface area (TPSA) is 38.7 Å². The van der Waals surface area contributed by atoms with Crippen molar-refractivity contribution in [2.45, 2.75) is 25.7 Å². The molecule has 0 fully saturated rings. The molecule has 2 aliphatic carbocycles. The third-order valence-corrected chi connectivity index (χ3v) is 5.98. The molecule has 134 valence electrons. The Kier molecular flexibility index (Phi) is 3.42. The SMILES string of the molecule is c1ccc(-c2c3c(nc4c2CCc2cccnc2-4)-c2ncccc2CC3)cc1. The number of hydrogen-bond acceptors (Lipinski definition) is 3. The second kappa shape index (κ2) is 6.10. The molecule has 0 aliphatic heterocycles. The Balaban J connectivity index is 1.73. The molecule has 3 heterocycles. The minimum Gasteiger partial charge on any atom is -0.254 e. The molecule has 1 aromatic carbocycles. The fourth-order valence-corrected chi connectivity index (χ4v) is 4.72. The van der Waals surface area contributed by atoms with Gasteiger partial charge in [0.25, 0.3) is 0 Å². The summed E-state index contributed by atoms with van der Waals surface area (Å²) in [6.07, 6.45) is 7.81. The van der Waals surface area contributed by atoms with Crippen molar-refractivity contribution in [3.05, 3.63) is 89.2 Å². The van der Waals surface area contributed by atoms with Crippen LogP contribution in [0.25, 0.3) is 33.9 Å². The van der Waals surface area contributed by atoms with E-state index in [0.29, 0.717) is 0 Å². The van der Waals surface area contributed by atoms with Gasteiger partial charge in [-0.05, 0) is 71.2 Å². The van der Waals surface area contributed by atoms with E-state index in [4.69, 9.17) is 15.0 Å². The molecule has 0 amide bonds. The molecular formula is C25H19N3. The molecular weight excluding hydrogens is 342 g/mol. The van der Waals surface area contributed by atoms with Gasteiger partial charge < -0.3 is 0 Å². The van der Waals surface area contributed by atoms with Crippen LogP contribution < -0.4 is 0 Å². The van der Waals surface area contributed by atoms with Crippen molar-refractivity contribution in [3.63, 3.8) is 0 Å². The highest BCUT2D eigenvalue weighted by Crippen LogP contribution is 2.44. The summed E-state index contributed by atoms with van der Waals surface area (Å²) in [6, 6.07) is 19.2. The first-order chi connectivity index (χ1) is 13.9. The summed E-state index contributed by atoms with van der Waals surface area (Å²) in [4.78, 5) is 14.6. The van der Waals surface area contributed by atoms with Crippen molar-refractivity contribution in [2.24, 2.45) is 0 Å². The Hall–Kier alpha value is -3.33. The second-order valence-electron chi connectivity index (χ2n) is 7.53. The molecule has 2 aliphatic rings. The average molecular weight is 361 g/mol. The lowest BCUT2D eigenvalue weighted by Crippen LogP contribution is -2.16. The Morgan fingerprint density at radius 2 is 1.11 bits per heavy atom. The Morgan fingerprint density at radius 3 is 1.68 bits per heavy atom. The zero-order chi connectivity index (χ0) is 18.5. The molecule has 0 radical (unpaired) electrons. The maximum atomic E-state index is 5.20. The summed E-state index contributed by atoms with van der Waals surface area (Å²) < 4.78 is 0. The van der Waals surface area contributed by atoms with Crippen LogP contribution in [0.15, 0.2) is 67.0 Å². The summed E-state index contributed by atoms with van der Waals surface area (Å²) in [7, 11) is 0. The summed E-state index contributed by atoms with van der Waals surface area (Å²) >= 11 is 0. The van der Waals surface area contributed by atoms with E-state index in [1.165, 1.54) is 33.4 Å². The van der Waals surface area contributed by atoms with Crippen molar-refractivity contribution in [1.82, 2.24) is 15.0 Å². The first-order valence-electron chi connectivity index (χ1n) is 9.90. The number of aromatic nitrogens is 3. The summed E-state index contributed by atoms with van der Waals surface area (Å²) in [5.41, 5.74) is 12.0. The molecule has 0 spiro atoms. The third kappa shape index (κ3) is 2.26. The van der Waals surface area contributed by atoms with Crippen LogP contribution in [-0.4, -0.2) is 15.0 Å². The summed E-state index contributed by atoms with van der Waals surface area (Å²) in [5, 5.41) is 0. The van der Waals surface area contributed by atoms with Gasteiger partial charge in [0.2, 0.25) is 0 Å². The Morgan fingerprint density at radius 1 is 0.536 bits per heavy atom. The number of benzene rings is 1. The first kappa shape index (κ1) is 15.7. The molecule has 28 heavy (non-hydrogen) atoms. The summed E-state index contributed by atoms with van der Waals surface area (Å²) in [6.45, 7) is 0. The number of rotatable bonds is 1. The highest BCUT2D eigenvalue weighted by Gasteiger charge is 2.29. The lowest BCUT2D eigenvalue weighted by atomic mass is 9.80. The van der Waals surface area contributed by atoms with E-state index in [9.17, 15) is 0 Å². The number of nitrogens with zero attached hydrogens (tertiary/aromatic N) is 3. The van der Waals surface area contributed by atoms with Crippen LogP contribution in [0.3, 0.4) is 0 Å². The van der Waals surface area contributed by atoms with Gasteiger partial charge in [0.15, 0.2) is 0 Å². The van der Waals surface area contributed by atoms with Crippen molar-refractivity contribution in [3.8, 4) is 33.9 Å². The van der Waals surface area contributed by atoms with Gasteiger partial charge in [0.1, 0.15) is 0 Å². The van der Waals surface area contributed by atoms with Crippen LogP contribution in [0.2, 0.25) is 0 Å². The van der Waals surface area contributed by atoms with Crippen LogP contribution in [0, 0.1) is 0 Å². The predicted octanol–water partition coefficient (Wildman–Crippen LogP) is 5.07. The average Bonchev–Trinajstić information content (AvgIpc) is 2.78. The molecule has 3 heteroatoms. The van der Waals surface area contributed by atoms with Gasteiger partial charge in [-0.2, -0.15) is 0 Å². The van der Waals surface area contributed by atoms with Gasteiger partial charge >= 0.3 is 0 Å². The van der Waals surface area contributed by atoms with Crippen molar-refractivity contribution < 1.29 is 0 Å². The van der Waals surface area contributed by atoms with Crippen LogP contribution in [0.4, 0.5) is 0 Å². The third-order valence-electron chi connectivity index (χ3n) is 5.98. The highest BCUT2D eigenvalue weighted by molar-refractivity contribution is 5.86. The Labute approximate surface area is 164 Å². The lowest BCUT2D eigenvalue weighted by Gasteiger charge is -2.28. The van der Waals surface area contributed by atoms with E-state index in [1.807, 2.05) is 24.5 Å². The molecule has 0 bridgehead atoms. The normalized spacial score (nSPS) is 13.9. The van der Waals surface area contributed by atoms with Gasteiger partial charge in [-0.3, -0.25) is 9.97 Å².